The highest BCUT2D eigenvalue weighted by atomic mass is 32.2. The number of hydrogen-bond donors (Lipinski definition) is 2. The molecular weight excluding hydrogens is 361 g/mol. The number of carbonyl (C=O) groups is 1. The predicted octanol–water partition coefficient (Wildman–Crippen LogP) is 3.34. The summed E-state index contributed by atoms with van der Waals surface area (Å²) in [4.78, 5) is 10.9. The minimum atomic E-state index is -4.82. The molecule has 25 heavy (non-hydrogen) atoms. The number of rotatable bonds is 5. The van der Waals surface area contributed by atoms with Gasteiger partial charge in [-0.15, -0.1) is 13.2 Å². The highest BCUT2D eigenvalue weighted by Gasteiger charge is 2.31. The van der Waals surface area contributed by atoms with Crippen molar-refractivity contribution in [2.24, 2.45) is 0 Å². The molecule has 0 radical (unpaired) electrons. The second-order valence-electron chi connectivity index (χ2n) is 4.88. The predicted molar refractivity (Wildman–Crippen MR) is 84.7 cm³/mol. The van der Waals surface area contributed by atoms with Gasteiger partial charge < -0.3 is 10.1 Å². The van der Waals surface area contributed by atoms with E-state index in [-0.39, 0.29) is 16.5 Å². The molecule has 0 aliphatic carbocycles. The molecule has 0 aliphatic rings. The molecule has 134 valence electrons. The van der Waals surface area contributed by atoms with Gasteiger partial charge in [-0.05, 0) is 48.5 Å². The Balaban J connectivity index is 2.11. The third kappa shape index (κ3) is 5.68. The van der Waals surface area contributed by atoms with Gasteiger partial charge in [-0.25, -0.2) is 8.42 Å². The number of amides is 1. The number of nitrogens with one attached hydrogen (secondary N) is 2. The van der Waals surface area contributed by atoms with E-state index in [1.165, 1.54) is 31.2 Å². The lowest BCUT2D eigenvalue weighted by atomic mass is 10.3. The van der Waals surface area contributed by atoms with Gasteiger partial charge in [0.05, 0.1) is 4.90 Å². The number of halogens is 3. The summed E-state index contributed by atoms with van der Waals surface area (Å²) in [6, 6.07) is 9.67. The van der Waals surface area contributed by atoms with Crippen molar-refractivity contribution in [2.75, 3.05) is 10.0 Å². The lowest BCUT2D eigenvalue weighted by molar-refractivity contribution is -0.274. The Kier molecular flexibility index (Phi) is 5.21. The van der Waals surface area contributed by atoms with Crippen LogP contribution in [0.3, 0.4) is 0 Å². The first kappa shape index (κ1) is 18.6. The maximum absolute atomic E-state index is 12.2. The Hall–Kier alpha value is -2.75. The Bertz CT molecular complexity index is 848. The summed E-state index contributed by atoms with van der Waals surface area (Å²) in [6.07, 6.45) is -4.82. The van der Waals surface area contributed by atoms with Crippen LogP contribution in [0, 0.1) is 0 Å². The molecule has 0 unspecified atom stereocenters. The highest BCUT2D eigenvalue weighted by molar-refractivity contribution is 7.92. The van der Waals surface area contributed by atoms with Crippen molar-refractivity contribution in [1.29, 1.82) is 0 Å². The first-order valence-corrected chi connectivity index (χ1v) is 8.30. The molecule has 2 N–H and O–H groups in total. The summed E-state index contributed by atoms with van der Waals surface area (Å²) in [6.45, 7) is 1.32. The Morgan fingerprint density at radius 3 is 1.96 bits per heavy atom. The number of benzene rings is 2. The maximum atomic E-state index is 12.2. The second kappa shape index (κ2) is 7.01. The van der Waals surface area contributed by atoms with Crippen molar-refractivity contribution >= 4 is 27.3 Å². The van der Waals surface area contributed by atoms with Gasteiger partial charge in [-0.1, -0.05) is 0 Å². The Morgan fingerprint density at radius 2 is 1.48 bits per heavy atom. The summed E-state index contributed by atoms with van der Waals surface area (Å²) in [5.74, 6) is -0.759. The van der Waals surface area contributed by atoms with E-state index in [9.17, 15) is 26.4 Å². The molecule has 0 saturated carbocycles. The van der Waals surface area contributed by atoms with Crippen LogP contribution in [0.15, 0.2) is 53.4 Å². The first-order valence-electron chi connectivity index (χ1n) is 6.81. The smallest absolute Gasteiger partial charge is 0.406 e. The average molecular weight is 374 g/mol. The average Bonchev–Trinajstić information content (AvgIpc) is 2.47. The summed E-state index contributed by atoms with van der Waals surface area (Å²) >= 11 is 0. The third-order valence-electron chi connectivity index (χ3n) is 2.83. The fourth-order valence-electron chi connectivity index (χ4n) is 1.86. The molecule has 2 rings (SSSR count). The van der Waals surface area contributed by atoms with E-state index in [1.807, 2.05) is 0 Å². The second-order valence-corrected chi connectivity index (χ2v) is 6.57. The van der Waals surface area contributed by atoms with Gasteiger partial charge in [-0.2, -0.15) is 0 Å². The first-order chi connectivity index (χ1) is 11.5. The summed E-state index contributed by atoms with van der Waals surface area (Å²) in [7, 11) is -3.93. The fourth-order valence-corrected chi connectivity index (χ4v) is 2.92. The Morgan fingerprint density at radius 1 is 0.960 bits per heavy atom. The van der Waals surface area contributed by atoms with E-state index in [0.717, 1.165) is 24.3 Å². The lowest BCUT2D eigenvalue weighted by Gasteiger charge is -2.11. The van der Waals surface area contributed by atoms with Crippen LogP contribution < -0.4 is 14.8 Å². The van der Waals surface area contributed by atoms with Crippen molar-refractivity contribution < 1.29 is 31.1 Å². The van der Waals surface area contributed by atoms with Crippen LogP contribution in [0.5, 0.6) is 5.75 Å². The van der Waals surface area contributed by atoms with E-state index in [4.69, 9.17) is 0 Å². The van der Waals surface area contributed by atoms with Crippen LogP contribution >= 0.6 is 0 Å². The van der Waals surface area contributed by atoms with Gasteiger partial charge in [0, 0.05) is 18.3 Å². The molecule has 0 atom stereocenters. The van der Waals surface area contributed by atoms with Crippen molar-refractivity contribution in [2.45, 2.75) is 18.2 Å². The molecule has 2 aromatic carbocycles. The fraction of sp³-hybridized carbons (Fsp3) is 0.133. The zero-order valence-corrected chi connectivity index (χ0v) is 13.6. The van der Waals surface area contributed by atoms with Crippen LogP contribution in [-0.2, 0) is 14.8 Å². The van der Waals surface area contributed by atoms with Crippen molar-refractivity contribution in [3.63, 3.8) is 0 Å². The molecule has 6 nitrogen and oxygen atoms in total. The molecule has 0 fully saturated rings. The Labute approximate surface area is 141 Å². The largest absolute Gasteiger partial charge is 0.573 e. The van der Waals surface area contributed by atoms with Crippen LogP contribution in [0.25, 0.3) is 0 Å². The molecule has 0 heterocycles. The maximum Gasteiger partial charge on any atom is 0.573 e. The van der Waals surface area contributed by atoms with Crippen molar-refractivity contribution in [3.8, 4) is 5.75 Å². The van der Waals surface area contributed by atoms with Gasteiger partial charge >= 0.3 is 6.36 Å². The zero-order chi connectivity index (χ0) is 18.7. The van der Waals surface area contributed by atoms with Gasteiger partial charge in [0.15, 0.2) is 0 Å². The monoisotopic (exact) mass is 374 g/mol. The summed E-state index contributed by atoms with van der Waals surface area (Å²) in [5.41, 5.74) is 0.501. The molecule has 0 saturated heterocycles. The van der Waals surface area contributed by atoms with E-state index < -0.39 is 22.1 Å². The van der Waals surface area contributed by atoms with E-state index in [0.29, 0.717) is 5.69 Å². The quantitative estimate of drug-likeness (QED) is 0.841. The molecule has 0 aromatic heterocycles. The van der Waals surface area contributed by atoms with Gasteiger partial charge in [0.25, 0.3) is 10.0 Å². The molecule has 0 aliphatic heterocycles. The van der Waals surface area contributed by atoms with Crippen LogP contribution in [-0.4, -0.2) is 20.7 Å². The number of hydrogen-bond acceptors (Lipinski definition) is 4. The van der Waals surface area contributed by atoms with Crippen LogP contribution in [0.1, 0.15) is 6.92 Å². The number of ether oxygens (including phenoxy) is 1. The number of alkyl halides is 3. The molecular formula is C15H13F3N2O4S. The van der Waals surface area contributed by atoms with Gasteiger partial charge in [0.2, 0.25) is 5.91 Å². The zero-order valence-electron chi connectivity index (χ0n) is 12.8. The highest BCUT2D eigenvalue weighted by Crippen LogP contribution is 2.25. The van der Waals surface area contributed by atoms with Gasteiger partial charge in [0.1, 0.15) is 5.75 Å². The lowest BCUT2D eigenvalue weighted by Crippen LogP contribution is -2.17. The number of carbonyl (C=O) groups excluding carboxylic acids is 1. The number of sulfonamides is 1. The van der Waals surface area contributed by atoms with Crippen molar-refractivity contribution in [1.82, 2.24) is 0 Å². The minimum absolute atomic E-state index is 0.0699. The van der Waals surface area contributed by atoms with Crippen LogP contribution in [0.4, 0.5) is 24.5 Å². The molecule has 1 amide bonds. The molecule has 2 aromatic rings. The standard InChI is InChI=1S/C15H13F3N2O4S/c1-10(21)19-11-4-8-14(9-5-11)25(22,23)20-12-2-6-13(7-3-12)24-15(16,17)18/h2-9,20H,1H3,(H,19,21). The van der Waals surface area contributed by atoms with Gasteiger partial charge in [-0.3, -0.25) is 9.52 Å². The number of anilines is 2. The van der Waals surface area contributed by atoms with E-state index in [1.54, 1.807) is 0 Å². The topological polar surface area (TPSA) is 84.5 Å². The summed E-state index contributed by atoms with van der Waals surface area (Å²) < 4.78 is 66.7. The van der Waals surface area contributed by atoms with Crippen molar-refractivity contribution in [3.05, 3.63) is 48.5 Å². The SMILES string of the molecule is CC(=O)Nc1ccc(S(=O)(=O)Nc2ccc(OC(F)(F)F)cc2)cc1. The normalized spacial score (nSPS) is 11.7. The third-order valence-corrected chi connectivity index (χ3v) is 4.22. The van der Waals surface area contributed by atoms with Crippen LogP contribution in [0.2, 0.25) is 0 Å². The minimum Gasteiger partial charge on any atom is -0.406 e. The molecule has 0 spiro atoms. The molecule has 0 bridgehead atoms. The van der Waals surface area contributed by atoms with E-state index >= 15 is 0 Å². The molecule has 10 heteroatoms. The van der Waals surface area contributed by atoms with E-state index in [2.05, 4.69) is 14.8 Å². The summed E-state index contributed by atoms with van der Waals surface area (Å²) in [5, 5.41) is 2.50.